The maximum atomic E-state index is 12.6. The van der Waals surface area contributed by atoms with Crippen LogP contribution in [0.4, 0.5) is 0 Å². The van der Waals surface area contributed by atoms with Crippen LogP contribution in [0.15, 0.2) is 21.7 Å². The van der Waals surface area contributed by atoms with Crippen molar-refractivity contribution in [3.8, 4) is 0 Å². The number of rotatable bonds is 1. The topological polar surface area (TPSA) is 97.3 Å². The van der Waals surface area contributed by atoms with Gasteiger partial charge in [0.15, 0.2) is 5.82 Å². The van der Waals surface area contributed by atoms with E-state index in [0.29, 0.717) is 30.2 Å². The van der Waals surface area contributed by atoms with Crippen LogP contribution in [0.3, 0.4) is 0 Å². The number of carbonyl (C=O) groups is 1. The molecular weight excluding hydrogens is 332 g/mol. The Morgan fingerprint density at radius 1 is 1.38 bits per heavy atom. The lowest BCUT2D eigenvalue weighted by molar-refractivity contribution is -0.0836. The number of thiophene rings is 1. The van der Waals surface area contributed by atoms with Crippen molar-refractivity contribution in [3.05, 3.63) is 48.4 Å². The van der Waals surface area contributed by atoms with Crippen LogP contribution in [0, 0.1) is 6.92 Å². The average molecular weight is 348 g/mol. The molecule has 2 aromatic heterocycles. The number of nitrogens with zero attached hydrogens (tertiary/aromatic N) is 3. The molecule has 126 valence electrons. The van der Waals surface area contributed by atoms with Crippen molar-refractivity contribution in [2.45, 2.75) is 32.1 Å². The number of aromatic nitrogens is 3. The number of aryl methyl sites for hydroxylation is 1. The summed E-state index contributed by atoms with van der Waals surface area (Å²) in [6.07, 6.45) is 0.627. The largest absolute Gasteiger partial charge is 0.363 e. The Bertz CT molecular complexity index is 930. The van der Waals surface area contributed by atoms with E-state index in [1.54, 1.807) is 4.90 Å². The van der Waals surface area contributed by atoms with Crippen LogP contribution >= 0.6 is 11.3 Å². The number of amides is 1. The number of nitrogens with one attached hydrogen (secondary N) is 1. The Hall–Kier alpha value is -2.26. The third-order valence-electron chi connectivity index (χ3n) is 4.55. The van der Waals surface area contributed by atoms with Crippen molar-refractivity contribution < 1.29 is 9.53 Å². The van der Waals surface area contributed by atoms with Crippen molar-refractivity contribution in [1.29, 1.82) is 0 Å². The molecule has 2 aliphatic heterocycles. The van der Waals surface area contributed by atoms with E-state index in [0.717, 1.165) is 4.88 Å². The number of fused-ring (bicyclic) bond motifs is 1. The zero-order valence-corrected chi connectivity index (χ0v) is 13.9. The molecule has 1 saturated heterocycles. The van der Waals surface area contributed by atoms with E-state index >= 15 is 0 Å². The summed E-state index contributed by atoms with van der Waals surface area (Å²) in [4.78, 5) is 39.7. The Morgan fingerprint density at radius 3 is 2.96 bits per heavy atom. The highest BCUT2D eigenvalue weighted by molar-refractivity contribution is 7.13. The molecule has 0 radical (unpaired) electrons. The molecule has 1 N–H and O–H groups in total. The number of aromatic amines is 1. The van der Waals surface area contributed by atoms with Crippen LogP contribution in [-0.2, 0) is 17.9 Å². The van der Waals surface area contributed by atoms with Crippen molar-refractivity contribution in [1.82, 2.24) is 19.7 Å². The second kappa shape index (κ2) is 5.38. The molecule has 0 aliphatic carbocycles. The molecule has 1 unspecified atom stereocenters. The van der Waals surface area contributed by atoms with Crippen LogP contribution < -0.4 is 11.1 Å². The predicted molar refractivity (Wildman–Crippen MR) is 86.2 cm³/mol. The highest BCUT2D eigenvalue weighted by Gasteiger charge is 2.44. The molecule has 2 aromatic rings. The first-order valence-corrected chi connectivity index (χ1v) is 8.47. The third kappa shape index (κ3) is 2.40. The standard InChI is InChI=1S/C15H16N4O4S/c1-9-2-3-10(24-9)13(21)18-5-4-15(7-18)8-19-11(6-23-15)16-17-12(20)14(19)22/h2-3H,4-8H2,1H3,(H,17,20). The normalized spacial score (nSPS) is 22.8. The van der Waals surface area contributed by atoms with Gasteiger partial charge in [0, 0.05) is 11.4 Å². The fourth-order valence-corrected chi connectivity index (χ4v) is 4.09. The van der Waals surface area contributed by atoms with Crippen LogP contribution in [0.5, 0.6) is 0 Å². The van der Waals surface area contributed by atoms with Crippen LogP contribution in [0.25, 0.3) is 0 Å². The summed E-state index contributed by atoms with van der Waals surface area (Å²) in [5.74, 6) is 0.389. The first kappa shape index (κ1) is 15.3. The second-order valence-electron chi connectivity index (χ2n) is 6.22. The molecule has 1 amide bonds. The number of ether oxygens (including phenoxy) is 1. The van der Waals surface area contributed by atoms with Gasteiger partial charge < -0.3 is 9.64 Å². The van der Waals surface area contributed by atoms with Gasteiger partial charge in [-0.3, -0.25) is 19.0 Å². The summed E-state index contributed by atoms with van der Waals surface area (Å²) in [6.45, 7) is 3.32. The van der Waals surface area contributed by atoms with Gasteiger partial charge in [0.2, 0.25) is 0 Å². The molecule has 9 heteroatoms. The van der Waals surface area contributed by atoms with Crippen molar-refractivity contribution in [2.24, 2.45) is 0 Å². The Labute approximate surface area is 140 Å². The molecule has 0 saturated carbocycles. The second-order valence-corrected chi connectivity index (χ2v) is 7.51. The van der Waals surface area contributed by atoms with Crippen LogP contribution in [-0.4, -0.2) is 44.3 Å². The minimum Gasteiger partial charge on any atom is -0.363 e. The predicted octanol–water partition coefficient (Wildman–Crippen LogP) is 0.117. The maximum absolute atomic E-state index is 12.6. The van der Waals surface area contributed by atoms with E-state index < -0.39 is 16.7 Å². The summed E-state index contributed by atoms with van der Waals surface area (Å²) < 4.78 is 7.30. The molecule has 24 heavy (non-hydrogen) atoms. The number of carbonyl (C=O) groups excluding carboxylic acids is 1. The van der Waals surface area contributed by atoms with Crippen LogP contribution in [0.2, 0.25) is 0 Å². The van der Waals surface area contributed by atoms with Crippen molar-refractivity contribution >= 4 is 17.2 Å². The smallest absolute Gasteiger partial charge is 0.330 e. The number of hydrogen-bond acceptors (Lipinski definition) is 6. The van der Waals surface area contributed by atoms with E-state index in [1.807, 2.05) is 19.1 Å². The van der Waals surface area contributed by atoms with Gasteiger partial charge in [0.1, 0.15) is 12.2 Å². The quantitative estimate of drug-likeness (QED) is 0.738. The Balaban J connectivity index is 1.58. The monoisotopic (exact) mass is 348 g/mol. The molecule has 8 nitrogen and oxygen atoms in total. The average Bonchev–Trinajstić information content (AvgIpc) is 3.18. The number of likely N-dealkylation sites (tertiary alicyclic amines) is 1. The summed E-state index contributed by atoms with van der Waals surface area (Å²) in [7, 11) is 0. The van der Waals surface area contributed by atoms with Gasteiger partial charge >= 0.3 is 11.1 Å². The molecule has 1 spiro atoms. The zero-order valence-electron chi connectivity index (χ0n) is 13.1. The Morgan fingerprint density at radius 2 is 2.21 bits per heavy atom. The molecule has 2 aliphatic rings. The summed E-state index contributed by atoms with van der Waals surface area (Å²) in [6, 6.07) is 3.76. The first-order chi connectivity index (χ1) is 11.5. The van der Waals surface area contributed by atoms with Gasteiger partial charge in [0.05, 0.1) is 18.0 Å². The molecule has 1 atom stereocenters. The van der Waals surface area contributed by atoms with E-state index in [1.165, 1.54) is 15.9 Å². The van der Waals surface area contributed by atoms with Gasteiger partial charge in [-0.1, -0.05) is 0 Å². The number of H-pyrrole nitrogens is 1. The minimum atomic E-state index is -0.740. The lowest BCUT2D eigenvalue weighted by Gasteiger charge is -2.34. The maximum Gasteiger partial charge on any atom is 0.330 e. The summed E-state index contributed by atoms with van der Waals surface area (Å²) in [5.41, 5.74) is -1.99. The molecule has 0 bridgehead atoms. The lowest BCUT2D eigenvalue weighted by atomic mass is 10.0. The first-order valence-electron chi connectivity index (χ1n) is 7.66. The minimum absolute atomic E-state index is 0.0178. The lowest BCUT2D eigenvalue weighted by Crippen LogP contribution is -2.51. The van der Waals surface area contributed by atoms with E-state index in [2.05, 4.69) is 10.2 Å². The van der Waals surface area contributed by atoms with Gasteiger partial charge in [-0.05, 0) is 25.5 Å². The molecule has 4 rings (SSSR count). The highest BCUT2D eigenvalue weighted by atomic mass is 32.1. The van der Waals surface area contributed by atoms with E-state index in [9.17, 15) is 14.4 Å². The number of hydrogen-bond donors (Lipinski definition) is 1. The zero-order chi connectivity index (χ0) is 16.9. The fraction of sp³-hybridized carbons (Fsp3) is 0.467. The summed E-state index contributed by atoms with van der Waals surface area (Å²) >= 11 is 1.47. The SMILES string of the molecule is Cc1ccc(C(=O)N2CCC3(C2)Cn2c(n[nH]c(=O)c2=O)CO3)s1. The van der Waals surface area contributed by atoms with Crippen LogP contribution in [0.1, 0.15) is 26.8 Å². The van der Waals surface area contributed by atoms with Gasteiger partial charge in [-0.15, -0.1) is 11.3 Å². The molecule has 4 heterocycles. The highest BCUT2D eigenvalue weighted by Crippen LogP contribution is 2.32. The van der Waals surface area contributed by atoms with E-state index in [4.69, 9.17) is 4.74 Å². The van der Waals surface area contributed by atoms with Crippen molar-refractivity contribution in [3.63, 3.8) is 0 Å². The van der Waals surface area contributed by atoms with Crippen molar-refractivity contribution in [2.75, 3.05) is 13.1 Å². The fourth-order valence-electron chi connectivity index (χ4n) is 3.26. The Kier molecular flexibility index (Phi) is 3.43. The van der Waals surface area contributed by atoms with E-state index in [-0.39, 0.29) is 19.1 Å². The third-order valence-corrected chi connectivity index (χ3v) is 5.53. The van der Waals surface area contributed by atoms with Gasteiger partial charge in [-0.2, -0.15) is 5.10 Å². The van der Waals surface area contributed by atoms with Gasteiger partial charge in [-0.25, -0.2) is 5.10 Å². The molecular formula is C15H16N4O4S. The molecule has 1 fully saturated rings. The summed E-state index contributed by atoms with van der Waals surface area (Å²) in [5, 5.41) is 6.04. The molecule has 0 aromatic carbocycles. The van der Waals surface area contributed by atoms with Gasteiger partial charge in [0.25, 0.3) is 5.91 Å².